The summed E-state index contributed by atoms with van der Waals surface area (Å²) in [6, 6.07) is 4.81. The summed E-state index contributed by atoms with van der Waals surface area (Å²) in [6.45, 7) is 5.86. The zero-order chi connectivity index (χ0) is 14.4. The lowest BCUT2D eigenvalue weighted by molar-refractivity contribution is -0.117. The highest BCUT2D eigenvalue weighted by atomic mass is 16.5. The Labute approximate surface area is 112 Å². The second-order valence-corrected chi connectivity index (χ2v) is 4.55. The highest BCUT2D eigenvalue weighted by Gasteiger charge is 2.09. The molecule has 0 aliphatic rings. The van der Waals surface area contributed by atoms with E-state index in [-0.39, 0.29) is 24.0 Å². The molecule has 2 N–H and O–H groups in total. The molecule has 0 saturated heterocycles. The second-order valence-electron chi connectivity index (χ2n) is 4.55. The van der Waals surface area contributed by atoms with Crippen LogP contribution in [0.3, 0.4) is 0 Å². The predicted octanol–water partition coefficient (Wildman–Crippen LogP) is 2.45. The van der Waals surface area contributed by atoms with Crippen molar-refractivity contribution in [2.75, 3.05) is 11.9 Å². The molecule has 5 heteroatoms. The van der Waals surface area contributed by atoms with Crippen molar-refractivity contribution in [1.29, 1.82) is 0 Å². The molecule has 1 aromatic carbocycles. The Morgan fingerprint density at radius 1 is 1.37 bits per heavy atom. The molecule has 0 atom stereocenters. The highest BCUT2D eigenvalue weighted by Crippen LogP contribution is 2.15. The van der Waals surface area contributed by atoms with Crippen LogP contribution in [0.5, 0.6) is 0 Å². The number of ether oxygens (including phenoxy) is 1. The van der Waals surface area contributed by atoms with Crippen LogP contribution in [-0.2, 0) is 9.53 Å². The van der Waals surface area contributed by atoms with Crippen LogP contribution in [0.15, 0.2) is 18.2 Å². The van der Waals surface area contributed by atoms with Gasteiger partial charge in [-0.2, -0.15) is 0 Å². The van der Waals surface area contributed by atoms with E-state index in [4.69, 9.17) is 9.84 Å². The fraction of sp³-hybridized carbons (Fsp3) is 0.429. The van der Waals surface area contributed by atoms with Crippen LogP contribution in [0.4, 0.5) is 5.69 Å². The maximum atomic E-state index is 11.6. The number of carbonyl (C=O) groups excluding carboxylic acids is 1. The zero-order valence-electron chi connectivity index (χ0n) is 11.4. The molecule has 104 valence electrons. The quantitative estimate of drug-likeness (QED) is 0.828. The van der Waals surface area contributed by atoms with Crippen LogP contribution < -0.4 is 5.32 Å². The second kappa shape index (κ2) is 6.89. The van der Waals surface area contributed by atoms with Crippen LogP contribution in [-0.4, -0.2) is 29.7 Å². The minimum absolute atomic E-state index is 0.0887. The number of carboxylic acids is 1. The van der Waals surface area contributed by atoms with Crippen molar-refractivity contribution in [3.63, 3.8) is 0 Å². The van der Waals surface area contributed by atoms with Gasteiger partial charge in [-0.25, -0.2) is 4.79 Å². The molecular formula is C14H19NO4. The van der Waals surface area contributed by atoms with Crippen molar-refractivity contribution < 1.29 is 19.4 Å². The summed E-state index contributed by atoms with van der Waals surface area (Å²) in [6.07, 6.45) is 0.333. The Hall–Kier alpha value is -1.88. The molecule has 1 aromatic rings. The maximum absolute atomic E-state index is 11.6. The number of amides is 1. The monoisotopic (exact) mass is 265 g/mol. The highest BCUT2D eigenvalue weighted by molar-refractivity contribution is 5.94. The van der Waals surface area contributed by atoms with Crippen molar-refractivity contribution in [3.05, 3.63) is 29.3 Å². The van der Waals surface area contributed by atoms with Gasteiger partial charge in [-0.05, 0) is 38.5 Å². The third-order valence-corrected chi connectivity index (χ3v) is 2.53. The third kappa shape index (κ3) is 5.09. The van der Waals surface area contributed by atoms with E-state index in [0.29, 0.717) is 17.9 Å². The summed E-state index contributed by atoms with van der Waals surface area (Å²) in [4.78, 5) is 22.6. The molecule has 19 heavy (non-hydrogen) atoms. The Morgan fingerprint density at radius 3 is 2.63 bits per heavy atom. The lowest BCUT2D eigenvalue weighted by Crippen LogP contribution is -2.16. The lowest BCUT2D eigenvalue weighted by atomic mass is 10.1. The summed E-state index contributed by atoms with van der Waals surface area (Å²) in [5.74, 6) is -1.20. The molecule has 0 heterocycles. The summed E-state index contributed by atoms with van der Waals surface area (Å²) < 4.78 is 5.28. The minimum Gasteiger partial charge on any atom is -0.478 e. The van der Waals surface area contributed by atoms with Crippen LogP contribution in [0, 0.1) is 6.92 Å². The van der Waals surface area contributed by atoms with E-state index in [0.717, 1.165) is 0 Å². The Balaban J connectivity index is 2.60. The van der Waals surface area contributed by atoms with E-state index in [9.17, 15) is 9.59 Å². The zero-order valence-corrected chi connectivity index (χ0v) is 11.4. The van der Waals surface area contributed by atoms with Gasteiger partial charge in [0.15, 0.2) is 0 Å². The van der Waals surface area contributed by atoms with Gasteiger partial charge in [-0.3, -0.25) is 4.79 Å². The average Bonchev–Trinajstić information content (AvgIpc) is 2.30. The van der Waals surface area contributed by atoms with Gasteiger partial charge in [0, 0.05) is 5.69 Å². The third-order valence-electron chi connectivity index (χ3n) is 2.53. The molecule has 0 unspecified atom stereocenters. The van der Waals surface area contributed by atoms with Gasteiger partial charge in [-0.15, -0.1) is 0 Å². The van der Waals surface area contributed by atoms with Crippen molar-refractivity contribution in [1.82, 2.24) is 0 Å². The minimum atomic E-state index is -1.00. The number of aryl methyl sites for hydroxylation is 1. The number of anilines is 1. The van der Waals surface area contributed by atoms with E-state index < -0.39 is 5.97 Å². The van der Waals surface area contributed by atoms with Crippen molar-refractivity contribution >= 4 is 17.6 Å². The first-order chi connectivity index (χ1) is 8.90. The van der Waals surface area contributed by atoms with Crippen LogP contribution in [0.25, 0.3) is 0 Å². The molecule has 1 amide bonds. The Kier molecular flexibility index (Phi) is 5.51. The molecule has 0 aromatic heterocycles. The van der Waals surface area contributed by atoms with Crippen molar-refractivity contribution in [2.45, 2.75) is 33.3 Å². The molecule has 0 radical (unpaired) electrons. The summed E-state index contributed by atoms with van der Waals surface area (Å²) in [5.41, 5.74) is 1.34. The number of carboxylic acid groups (broad SMARTS) is 1. The maximum Gasteiger partial charge on any atom is 0.336 e. The molecule has 5 nitrogen and oxygen atoms in total. The standard InChI is InChI=1S/C14H19NO4/c1-9(2)19-7-6-13(16)15-11-5-4-10(3)12(8-11)14(17)18/h4-5,8-9H,6-7H2,1-3H3,(H,15,16)(H,17,18). The fourth-order valence-electron chi connectivity index (χ4n) is 1.54. The first kappa shape index (κ1) is 15.2. The molecule has 0 fully saturated rings. The molecule has 0 aliphatic heterocycles. The first-order valence-corrected chi connectivity index (χ1v) is 6.15. The van der Waals surface area contributed by atoms with Crippen LogP contribution in [0.1, 0.15) is 36.2 Å². The average molecular weight is 265 g/mol. The summed E-state index contributed by atoms with van der Waals surface area (Å²) in [7, 11) is 0. The van der Waals surface area contributed by atoms with E-state index in [2.05, 4.69) is 5.32 Å². The molecular weight excluding hydrogens is 246 g/mol. The van der Waals surface area contributed by atoms with Gasteiger partial charge in [0.25, 0.3) is 0 Å². The molecule has 0 saturated carbocycles. The molecule has 1 rings (SSSR count). The van der Waals surface area contributed by atoms with Gasteiger partial charge in [0.05, 0.1) is 24.7 Å². The Bertz CT molecular complexity index is 469. The van der Waals surface area contributed by atoms with Gasteiger partial charge in [-0.1, -0.05) is 6.07 Å². The molecule has 0 aliphatic carbocycles. The predicted molar refractivity (Wildman–Crippen MR) is 72.5 cm³/mol. The van der Waals surface area contributed by atoms with Gasteiger partial charge in [0.2, 0.25) is 5.91 Å². The van der Waals surface area contributed by atoms with E-state index in [1.54, 1.807) is 19.1 Å². The first-order valence-electron chi connectivity index (χ1n) is 6.15. The van der Waals surface area contributed by atoms with Gasteiger partial charge in [0.1, 0.15) is 0 Å². The number of nitrogens with one attached hydrogen (secondary N) is 1. The SMILES string of the molecule is Cc1ccc(NC(=O)CCOC(C)C)cc1C(=O)O. The Morgan fingerprint density at radius 2 is 2.05 bits per heavy atom. The van der Waals surface area contributed by atoms with Gasteiger partial charge < -0.3 is 15.2 Å². The number of hydrogen-bond donors (Lipinski definition) is 2. The normalized spacial score (nSPS) is 10.5. The summed E-state index contributed by atoms with van der Waals surface area (Å²) >= 11 is 0. The van der Waals surface area contributed by atoms with E-state index in [1.165, 1.54) is 6.07 Å². The lowest BCUT2D eigenvalue weighted by Gasteiger charge is -2.09. The van der Waals surface area contributed by atoms with Gasteiger partial charge >= 0.3 is 5.97 Å². The summed E-state index contributed by atoms with van der Waals surface area (Å²) in [5, 5.41) is 11.6. The number of hydrogen-bond acceptors (Lipinski definition) is 3. The number of benzene rings is 1. The van der Waals surface area contributed by atoms with E-state index >= 15 is 0 Å². The fourth-order valence-corrected chi connectivity index (χ4v) is 1.54. The smallest absolute Gasteiger partial charge is 0.336 e. The van der Waals surface area contributed by atoms with Crippen LogP contribution in [0.2, 0.25) is 0 Å². The van der Waals surface area contributed by atoms with E-state index in [1.807, 2.05) is 13.8 Å². The number of rotatable bonds is 6. The molecule has 0 spiro atoms. The molecule has 0 bridgehead atoms. The largest absolute Gasteiger partial charge is 0.478 e. The van der Waals surface area contributed by atoms with Crippen molar-refractivity contribution in [2.24, 2.45) is 0 Å². The van der Waals surface area contributed by atoms with Crippen LogP contribution >= 0.6 is 0 Å². The van der Waals surface area contributed by atoms with Crippen molar-refractivity contribution in [3.8, 4) is 0 Å². The number of carbonyl (C=O) groups is 2. The topological polar surface area (TPSA) is 75.6 Å². The number of aromatic carboxylic acids is 1.